The lowest BCUT2D eigenvalue weighted by atomic mass is 10.1. The third kappa shape index (κ3) is 5.41. The van der Waals surface area contributed by atoms with E-state index < -0.39 is 0 Å². The molecule has 5 nitrogen and oxygen atoms in total. The standard InChI is InChI=1S/C22H26N2O3/c1-2-21(25)19-8-10-20(11-9-19)27-17-22(26)24-14-12-23(13-15-24)16-18-6-4-3-5-7-18/h3-11H,2,12-17H2,1H3. The number of hydrogen-bond acceptors (Lipinski definition) is 4. The summed E-state index contributed by atoms with van der Waals surface area (Å²) in [5.41, 5.74) is 1.97. The van der Waals surface area contributed by atoms with Crippen molar-refractivity contribution < 1.29 is 14.3 Å². The largest absolute Gasteiger partial charge is 0.484 e. The molecule has 5 heteroatoms. The van der Waals surface area contributed by atoms with E-state index in [9.17, 15) is 9.59 Å². The van der Waals surface area contributed by atoms with Crippen LogP contribution in [0.3, 0.4) is 0 Å². The normalized spacial score (nSPS) is 14.8. The lowest BCUT2D eigenvalue weighted by Gasteiger charge is -2.34. The van der Waals surface area contributed by atoms with Crippen molar-refractivity contribution in [1.82, 2.24) is 9.80 Å². The number of rotatable bonds is 7. The number of ether oxygens (including phenoxy) is 1. The number of Topliss-reactive ketones (excluding diaryl/α,β-unsaturated/α-hetero) is 1. The van der Waals surface area contributed by atoms with E-state index in [4.69, 9.17) is 4.74 Å². The van der Waals surface area contributed by atoms with Gasteiger partial charge in [0.25, 0.3) is 5.91 Å². The molecule has 3 rings (SSSR count). The number of hydrogen-bond donors (Lipinski definition) is 0. The van der Waals surface area contributed by atoms with E-state index >= 15 is 0 Å². The van der Waals surface area contributed by atoms with Crippen LogP contribution in [0.4, 0.5) is 0 Å². The number of carbonyl (C=O) groups is 2. The Balaban J connectivity index is 1.42. The molecule has 0 aromatic heterocycles. The summed E-state index contributed by atoms with van der Waals surface area (Å²) in [5.74, 6) is 0.716. The fourth-order valence-corrected chi connectivity index (χ4v) is 3.17. The van der Waals surface area contributed by atoms with Crippen molar-refractivity contribution in [2.45, 2.75) is 19.9 Å². The predicted octanol–water partition coefficient (Wildman–Crippen LogP) is 3.00. The van der Waals surface area contributed by atoms with Crippen LogP contribution in [0, 0.1) is 0 Å². The smallest absolute Gasteiger partial charge is 0.260 e. The van der Waals surface area contributed by atoms with Crippen LogP contribution in [-0.4, -0.2) is 54.3 Å². The third-order valence-corrected chi connectivity index (χ3v) is 4.83. The quantitative estimate of drug-likeness (QED) is 0.707. The molecule has 0 radical (unpaired) electrons. The summed E-state index contributed by atoms with van der Waals surface area (Å²) in [6, 6.07) is 17.4. The minimum Gasteiger partial charge on any atom is -0.484 e. The zero-order chi connectivity index (χ0) is 19.1. The average Bonchev–Trinajstić information content (AvgIpc) is 2.73. The van der Waals surface area contributed by atoms with Gasteiger partial charge in [-0.2, -0.15) is 0 Å². The van der Waals surface area contributed by atoms with Crippen molar-refractivity contribution in [3.8, 4) is 5.75 Å². The van der Waals surface area contributed by atoms with Crippen molar-refractivity contribution in [3.05, 3.63) is 65.7 Å². The van der Waals surface area contributed by atoms with Crippen LogP contribution in [0.5, 0.6) is 5.75 Å². The van der Waals surface area contributed by atoms with Crippen LogP contribution in [0.1, 0.15) is 29.3 Å². The van der Waals surface area contributed by atoms with Gasteiger partial charge in [-0.05, 0) is 29.8 Å². The van der Waals surface area contributed by atoms with Gasteiger partial charge in [0.05, 0.1) is 0 Å². The highest BCUT2D eigenvalue weighted by Gasteiger charge is 2.21. The van der Waals surface area contributed by atoms with Gasteiger partial charge in [-0.15, -0.1) is 0 Å². The molecule has 0 spiro atoms. The van der Waals surface area contributed by atoms with Crippen LogP contribution >= 0.6 is 0 Å². The van der Waals surface area contributed by atoms with E-state index in [0.29, 0.717) is 17.7 Å². The van der Waals surface area contributed by atoms with Gasteiger partial charge in [0.2, 0.25) is 0 Å². The van der Waals surface area contributed by atoms with Crippen molar-refractivity contribution >= 4 is 11.7 Å². The van der Waals surface area contributed by atoms with Gasteiger partial charge in [-0.3, -0.25) is 14.5 Å². The number of carbonyl (C=O) groups excluding carboxylic acids is 2. The highest BCUT2D eigenvalue weighted by atomic mass is 16.5. The summed E-state index contributed by atoms with van der Waals surface area (Å²) < 4.78 is 5.60. The summed E-state index contributed by atoms with van der Waals surface area (Å²) in [7, 11) is 0. The Morgan fingerprint density at radius 3 is 2.22 bits per heavy atom. The summed E-state index contributed by atoms with van der Waals surface area (Å²) in [6.45, 7) is 5.97. The first-order valence-electron chi connectivity index (χ1n) is 9.46. The van der Waals surface area contributed by atoms with Crippen LogP contribution in [0.2, 0.25) is 0 Å². The van der Waals surface area contributed by atoms with Gasteiger partial charge >= 0.3 is 0 Å². The Kier molecular flexibility index (Phi) is 6.60. The lowest BCUT2D eigenvalue weighted by Crippen LogP contribution is -2.49. The molecule has 1 aliphatic heterocycles. The molecule has 1 aliphatic rings. The molecule has 2 aromatic carbocycles. The first-order valence-corrected chi connectivity index (χ1v) is 9.46. The molecule has 0 bridgehead atoms. The molecule has 1 amide bonds. The van der Waals surface area contributed by atoms with Crippen molar-refractivity contribution in [2.75, 3.05) is 32.8 Å². The second-order valence-electron chi connectivity index (χ2n) is 6.73. The maximum Gasteiger partial charge on any atom is 0.260 e. The van der Waals surface area contributed by atoms with Crippen molar-refractivity contribution in [2.24, 2.45) is 0 Å². The van der Waals surface area contributed by atoms with E-state index in [2.05, 4.69) is 29.2 Å². The fraction of sp³-hybridized carbons (Fsp3) is 0.364. The Morgan fingerprint density at radius 1 is 0.926 bits per heavy atom. The summed E-state index contributed by atoms with van der Waals surface area (Å²) in [4.78, 5) is 28.2. The molecule has 0 atom stereocenters. The van der Waals surface area contributed by atoms with Gasteiger partial charge in [0.1, 0.15) is 5.75 Å². The highest BCUT2D eigenvalue weighted by molar-refractivity contribution is 5.95. The molecule has 1 saturated heterocycles. The maximum atomic E-state index is 12.4. The molecule has 1 heterocycles. The Morgan fingerprint density at radius 2 is 1.59 bits per heavy atom. The van der Waals surface area contributed by atoms with Gasteiger partial charge in [0, 0.05) is 44.7 Å². The van der Waals surface area contributed by atoms with Gasteiger partial charge < -0.3 is 9.64 Å². The van der Waals surface area contributed by atoms with E-state index in [1.165, 1.54) is 5.56 Å². The maximum absolute atomic E-state index is 12.4. The molecule has 27 heavy (non-hydrogen) atoms. The second kappa shape index (κ2) is 9.33. The molecule has 0 unspecified atom stereocenters. The topological polar surface area (TPSA) is 49.9 Å². The summed E-state index contributed by atoms with van der Waals surface area (Å²) >= 11 is 0. The summed E-state index contributed by atoms with van der Waals surface area (Å²) in [5, 5.41) is 0. The zero-order valence-electron chi connectivity index (χ0n) is 15.8. The number of nitrogens with zero attached hydrogens (tertiary/aromatic N) is 2. The minimum atomic E-state index is 0.00284. The number of piperazine rings is 1. The Labute approximate surface area is 160 Å². The SMILES string of the molecule is CCC(=O)c1ccc(OCC(=O)N2CCN(Cc3ccccc3)CC2)cc1. The Hall–Kier alpha value is -2.66. The molecule has 1 fully saturated rings. The van der Waals surface area contributed by atoms with Crippen LogP contribution in [0.25, 0.3) is 0 Å². The first kappa shape index (κ1) is 19.1. The predicted molar refractivity (Wildman–Crippen MR) is 105 cm³/mol. The van der Waals surface area contributed by atoms with E-state index in [1.54, 1.807) is 24.3 Å². The molecule has 2 aromatic rings. The van der Waals surface area contributed by atoms with Crippen molar-refractivity contribution in [1.29, 1.82) is 0 Å². The van der Waals surface area contributed by atoms with Gasteiger partial charge in [0.15, 0.2) is 12.4 Å². The minimum absolute atomic E-state index is 0.00284. The molecular formula is C22H26N2O3. The van der Waals surface area contributed by atoms with Gasteiger partial charge in [-0.1, -0.05) is 37.3 Å². The number of benzene rings is 2. The highest BCUT2D eigenvalue weighted by Crippen LogP contribution is 2.14. The second-order valence-corrected chi connectivity index (χ2v) is 6.73. The van der Waals surface area contributed by atoms with Crippen LogP contribution in [-0.2, 0) is 11.3 Å². The first-order chi connectivity index (χ1) is 13.2. The van der Waals surface area contributed by atoms with E-state index in [0.717, 1.165) is 32.7 Å². The third-order valence-electron chi connectivity index (χ3n) is 4.83. The van der Waals surface area contributed by atoms with E-state index in [1.807, 2.05) is 17.9 Å². The lowest BCUT2D eigenvalue weighted by molar-refractivity contribution is -0.135. The fourth-order valence-electron chi connectivity index (χ4n) is 3.17. The van der Waals surface area contributed by atoms with Crippen LogP contribution in [0.15, 0.2) is 54.6 Å². The molecule has 0 N–H and O–H groups in total. The molecule has 0 aliphatic carbocycles. The Bertz CT molecular complexity index is 751. The average molecular weight is 366 g/mol. The zero-order valence-corrected chi connectivity index (χ0v) is 15.8. The molecular weight excluding hydrogens is 340 g/mol. The number of amides is 1. The van der Waals surface area contributed by atoms with E-state index in [-0.39, 0.29) is 18.3 Å². The number of ketones is 1. The molecule has 0 saturated carbocycles. The van der Waals surface area contributed by atoms with Gasteiger partial charge in [-0.25, -0.2) is 0 Å². The monoisotopic (exact) mass is 366 g/mol. The van der Waals surface area contributed by atoms with Crippen LogP contribution < -0.4 is 4.74 Å². The molecule has 142 valence electrons. The van der Waals surface area contributed by atoms with Crippen molar-refractivity contribution in [3.63, 3.8) is 0 Å². The summed E-state index contributed by atoms with van der Waals surface area (Å²) in [6.07, 6.45) is 0.481.